The van der Waals surface area contributed by atoms with Gasteiger partial charge in [0, 0.05) is 12.8 Å². The predicted molar refractivity (Wildman–Crippen MR) is 46.9 cm³/mol. The van der Waals surface area contributed by atoms with Gasteiger partial charge in [-0.15, -0.1) is 0 Å². The Hall–Kier alpha value is -0.0800. The van der Waals surface area contributed by atoms with E-state index in [1.165, 1.54) is 12.8 Å². The van der Waals surface area contributed by atoms with Crippen molar-refractivity contribution in [1.29, 1.82) is 0 Å². The Balaban J connectivity index is 2.07. The van der Waals surface area contributed by atoms with Crippen molar-refractivity contribution >= 4 is 0 Å². The van der Waals surface area contributed by atoms with E-state index in [4.69, 9.17) is 9.47 Å². The molecule has 0 aromatic rings. The number of ether oxygens (including phenoxy) is 2. The van der Waals surface area contributed by atoms with E-state index in [2.05, 4.69) is 13.8 Å². The van der Waals surface area contributed by atoms with Gasteiger partial charge in [0.1, 0.15) is 0 Å². The van der Waals surface area contributed by atoms with Crippen molar-refractivity contribution < 1.29 is 9.47 Å². The van der Waals surface area contributed by atoms with E-state index in [1.54, 1.807) is 0 Å². The molecule has 1 heterocycles. The molecule has 0 aromatic carbocycles. The maximum atomic E-state index is 5.69. The van der Waals surface area contributed by atoms with Gasteiger partial charge < -0.3 is 9.47 Å². The lowest BCUT2D eigenvalue weighted by Gasteiger charge is -2.40. The fraction of sp³-hybridized carbons (Fsp3) is 1.00. The quantitative estimate of drug-likeness (QED) is 0.555. The first-order valence-corrected chi connectivity index (χ1v) is 4.90. The Bertz CT molecular complexity index is 169. The summed E-state index contributed by atoms with van der Waals surface area (Å²) in [7, 11) is 0. The average molecular weight is 170 g/mol. The zero-order chi connectivity index (χ0) is 8.66. The lowest BCUT2D eigenvalue weighted by molar-refractivity contribution is -0.197. The maximum Gasteiger partial charge on any atom is 0.169 e. The molecule has 0 radical (unpaired) electrons. The van der Waals surface area contributed by atoms with Crippen molar-refractivity contribution in [3.63, 3.8) is 0 Å². The summed E-state index contributed by atoms with van der Waals surface area (Å²) in [5, 5.41) is 0. The Morgan fingerprint density at radius 3 is 2.25 bits per heavy atom. The van der Waals surface area contributed by atoms with Crippen molar-refractivity contribution in [2.24, 2.45) is 5.41 Å². The summed E-state index contributed by atoms with van der Waals surface area (Å²) in [6.45, 7) is 6.18. The summed E-state index contributed by atoms with van der Waals surface area (Å²) in [5.74, 6) is -0.193. The molecule has 2 aliphatic rings. The van der Waals surface area contributed by atoms with Crippen LogP contribution in [0.1, 0.15) is 39.5 Å². The third-order valence-corrected chi connectivity index (χ3v) is 2.97. The summed E-state index contributed by atoms with van der Waals surface area (Å²) in [6.07, 6.45) is 4.71. The second kappa shape index (κ2) is 2.71. The molecule has 0 bridgehead atoms. The summed E-state index contributed by atoms with van der Waals surface area (Å²) < 4.78 is 11.4. The zero-order valence-corrected chi connectivity index (χ0v) is 8.06. The standard InChI is InChI=1S/C10H18O2/c1-9(2)4-3-5-10(8-9)11-6-7-12-10/h3-8H2,1-2H3. The van der Waals surface area contributed by atoms with Crippen molar-refractivity contribution in [2.75, 3.05) is 13.2 Å². The van der Waals surface area contributed by atoms with Gasteiger partial charge >= 0.3 is 0 Å². The van der Waals surface area contributed by atoms with E-state index in [0.29, 0.717) is 5.41 Å². The molecule has 1 aliphatic heterocycles. The van der Waals surface area contributed by atoms with Crippen LogP contribution in [0, 0.1) is 5.41 Å². The minimum Gasteiger partial charge on any atom is -0.348 e. The van der Waals surface area contributed by atoms with Crippen molar-refractivity contribution in [3.8, 4) is 0 Å². The van der Waals surface area contributed by atoms with E-state index < -0.39 is 0 Å². The highest BCUT2D eigenvalue weighted by Crippen LogP contribution is 2.44. The monoisotopic (exact) mass is 170 g/mol. The van der Waals surface area contributed by atoms with Gasteiger partial charge in [0.25, 0.3) is 0 Å². The van der Waals surface area contributed by atoms with Crippen LogP contribution in [-0.2, 0) is 9.47 Å². The van der Waals surface area contributed by atoms with Crippen molar-refractivity contribution in [3.05, 3.63) is 0 Å². The molecule has 0 unspecified atom stereocenters. The van der Waals surface area contributed by atoms with E-state index in [9.17, 15) is 0 Å². The molecule has 2 heteroatoms. The van der Waals surface area contributed by atoms with E-state index in [-0.39, 0.29) is 5.79 Å². The molecule has 0 atom stereocenters. The molecule has 1 aliphatic carbocycles. The van der Waals surface area contributed by atoms with Gasteiger partial charge in [0.2, 0.25) is 0 Å². The van der Waals surface area contributed by atoms with Crippen molar-refractivity contribution in [1.82, 2.24) is 0 Å². The molecule has 2 fully saturated rings. The Kier molecular flexibility index (Phi) is 1.92. The van der Waals surface area contributed by atoms with Gasteiger partial charge in [-0.3, -0.25) is 0 Å². The molecular weight excluding hydrogens is 152 g/mol. The highest BCUT2D eigenvalue weighted by atomic mass is 16.7. The van der Waals surface area contributed by atoms with Crippen LogP contribution in [0.5, 0.6) is 0 Å². The molecular formula is C10H18O2. The van der Waals surface area contributed by atoms with Gasteiger partial charge in [0.05, 0.1) is 13.2 Å². The van der Waals surface area contributed by atoms with Crippen molar-refractivity contribution in [2.45, 2.75) is 45.3 Å². The van der Waals surface area contributed by atoms with Crippen LogP contribution in [0.15, 0.2) is 0 Å². The highest BCUT2D eigenvalue weighted by Gasteiger charge is 2.44. The number of hydrogen-bond acceptors (Lipinski definition) is 2. The van der Waals surface area contributed by atoms with Crippen LogP contribution < -0.4 is 0 Å². The molecule has 0 N–H and O–H groups in total. The van der Waals surface area contributed by atoms with E-state index >= 15 is 0 Å². The summed E-state index contributed by atoms with van der Waals surface area (Å²) >= 11 is 0. The number of rotatable bonds is 0. The molecule has 0 aromatic heterocycles. The average Bonchev–Trinajstić information content (AvgIpc) is 2.34. The highest BCUT2D eigenvalue weighted by molar-refractivity contribution is 4.87. The molecule has 1 saturated heterocycles. The lowest BCUT2D eigenvalue weighted by Crippen LogP contribution is -2.39. The van der Waals surface area contributed by atoms with E-state index in [1.807, 2.05) is 0 Å². The smallest absolute Gasteiger partial charge is 0.169 e. The van der Waals surface area contributed by atoms with Crippen LogP contribution in [0.3, 0.4) is 0 Å². The summed E-state index contributed by atoms with van der Waals surface area (Å²) in [5.41, 5.74) is 0.405. The fourth-order valence-electron chi connectivity index (χ4n) is 2.49. The second-order valence-corrected chi connectivity index (χ2v) is 4.80. The third-order valence-electron chi connectivity index (χ3n) is 2.97. The summed E-state index contributed by atoms with van der Waals surface area (Å²) in [6, 6.07) is 0. The molecule has 1 saturated carbocycles. The van der Waals surface area contributed by atoms with Gasteiger partial charge in [-0.2, -0.15) is 0 Å². The molecule has 1 spiro atoms. The second-order valence-electron chi connectivity index (χ2n) is 4.80. The molecule has 70 valence electrons. The molecule has 12 heavy (non-hydrogen) atoms. The minimum absolute atomic E-state index is 0.193. The Morgan fingerprint density at radius 2 is 1.67 bits per heavy atom. The maximum absolute atomic E-state index is 5.69. The third kappa shape index (κ3) is 1.50. The van der Waals surface area contributed by atoms with Crippen LogP contribution in [0.4, 0.5) is 0 Å². The van der Waals surface area contributed by atoms with Crippen LogP contribution in [-0.4, -0.2) is 19.0 Å². The van der Waals surface area contributed by atoms with Crippen LogP contribution in [0.2, 0.25) is 0 Å². The Morgan fingerprint density at radius 1 is 1.00 bits per heavy atom. The van der Waals surface area contributed by atoms with Gasteiger partial charge in [-0.1, -0.05) is 13.8 Å². The topological polar surface area (TPSA) is 18.5 Å². The molecule has 0 amide bonds. The largest absolute Gasteiger partial charge is 0.348 e. The summed E-state index contributed by atoms with van der Waals surface area (Å²) in [4.78, 5) is 0. The number of hydrogen-bond donors (Lipinski definition) is 0. The first-order valence-electron chi connectivity index (χ1n) is 4.90. The van der Waals surface area contributed by atoms with Crippen LogP contribution >= 0.6 is 0 Å². The predicted octanol–water partition coefficient (Wildman–Crippen LogP) is 2.33. The zero-order valence-electron chi connectivity index (χ0n) is 8.06. The molecule has 2 rings (SSSR count). The first-order chi connectivity index (χ1) is 5.62. The van der Waals surface area contributed by atoms with Gasteiger partial charge in [0.15, 0.2) is 5.79 Å². The minimum atomic E-state index is -0.193. The van der Waals surface area contributed by atoms with Gasteiger partial charge in [-0.05, 0) is 18.3 Å². The SMILES string of the molecule is CC1(C)CCCC2(C1)OCCO2. The van der Waals surface area contributed by atoms with Crippen LogP contribution in [0.25, 0.3) is 0 Å². The first kappa shape index (κ1) is 8.52. The Labute approximate surface area is 74.2 Å². The van der Waals surface area contributed by atoms with E-state index in [0.717, 1.165) is 26.1 Å². The lowest BCUT2D eigenvalue weighted by atomic mass is 9.74. The molecule has 2 nitrogen and oxygen atoms in total. The fourth-order valence-corrected chi connectivity index (χ4v) is 2.49. The van der Waals surface area contributed by atoms with Gasteiger partial charge in [-0.25, -0.2) is 0 Å². The normalized spacial score (nSPS) is 32.5.